The molecule has 10 heteroatoms. The van der Waals surface area contributed by atoms with Gasteiger partial charge in [-0.3, -0.25) is 9.59 Å². The van der Waals surface area contributed by atoms with E-state index in [4.69, 9.17) is 9.84 Å². The summed E-state index contributed by atoms with van der Waals surface area (Å²) in [4.78, 5) is 24.3. The molecule has 4 rings (SSSR count). The molecule has 2 N–H and O–H groups in total. The lowest BCUT2D eigenvalue weighted by molar-refractivity contribution is -0.137. The first-order valence-electron chi connectivity index (χ1n) is 11.9. The van der Waals surface area contributed by atoms with Crippen molar-refractivity contribution in [3.8, 4) is 11.5 Å². The first-order valence-corrected chi connectivity index (χ1v) is 11.9. The summed E-state index contributed by atoms with van der Waals surface area (Å²) in [6, 6.07) is 16.4. The van der Waals surface area contributed by atoms with Crippen LogP contribution in [0.15, 0.2) is 60.7 Å². The average molecular weight is 543 g/mol. The molecule has 0 heterocycles. The number of nitrogens with one attached hydrogen (secondary N) is 1. The van der Waals surface area contributed by atoms with Crippen LogP contribution in [-0.4, -0.2) is 17.0 Å². The van der Waals surface area contributed by atoms with Gasteiger partial charge in [-0.15, -0.1) is 0 Å². The fourth-order valence-electron chi connectivity index (χ4n) is 4.25. The molecule has 0 saturated carbocycles. The van der Waals surface area contributed by atoms with E-state index in [9.17, 15) is 31.5 Å². The molecular formula is C29H22F5NO4. The van der Waals surface area contributed by atoms with Crippen LogP contribution in [0.2, 0.25) is 0 Å². The molecule has 39 heavy (non-hydrogen) atoms. The highest BCUT2D eigenvalue weighted by molar-refractivity contribution is 5.97. The fourth-order valence-corrected chi connectivity index (χ4v) is 4.25. The highest BCUT2D eigenvalue weighted by Crippen LogP contribution is 2.34. The molecule has 0 spiro atoms. The number of fused-ring (bicyclic) bond motifs is 1. The first kappa shape index (κ1) is 27.6. The molecule has 0 unspecified atom stereocenters. The predicted octanol–water partition coefficient (Wildman–Crippen LogP) is 7.23. The van der Waals surface area contributed by atoms with Crippen LogP contribution in [0.1, 0.15) is 47.3 Å². The Bertz CT molecular complexity index is 1540. The maximum absolute atomic E-state index is 14.2. The van der Waals surface area contributed by atoms with Gasteiger partial charge in [0, 0.05) is 12.0 Å². The second kappa shape index (κ2) is 11.5. The number of carbonyl (C=O) groups is 2. The van der Waals surface area contributed by atoms with Gasteiger partial charge in [0.2, 0.25) is 34.8 Å². The zero-order valence-corrected chi connectivity index (χ0v) is 20.5. The third kappa shape index (κ3) is 5.84. The number of carbonyl (C=O) groups excluding carboxylic acids is 1. The number of rotatable bonds is 9. The zero-order valence-electron chi connectivity index (χ0n) is 20.5. The highest BCUT2D eigenvalue weighted by atomic mass is 19.2. The predicted molar refractivity (Wildman–Crippen MR) is 133 cm³/mol. The molecule has 0 radical (unpaired) electrons. The minimum Gasteiger partial charge on any atom is -0.481 e. The topological polar surface area (TPSA) is 75.6 Å². The van der Waals surface area contributed by atoms with E-state index in [0.717, 1.165) is 22.4 Å². The first-order chi connectivity index (χ1) is 18.6. The Hall–Kier alpha value is -4.47. The third-order valence-corrected chi connectivity index (χ3v) is 6.19. The van der Waals surface area contributed by atoms with Gasteiger partial charge in [-0.1, -0.05) is 48.5 Å². The van der Waals surface area contributed by atoms with Gasteiger partial charge in [0.15, 0.2) is 0 Å². The van der Waals surface area contributed by atoms with Crippen molar-refractivity contribution in [1.82, 2.24) is 5.32 Å². The van der Waals surface area contributed by atoms with E-state index in [1.54, 1.807) is 6.92 Å². The Morgan fingerprint density at radius 1 is 0.872 bits per heavy atom. The van der Waals surface area contributed by atoms with Gasteiger partial charge in [-0.05, 0) is 53.8 Å². The van der Waals surface area contributed by atoms with Crippen molar-refractivity contribution in [2.24, 2.45) is 0 Å². The molecule has 0 aromatic heterocycles. The van der Waals surface area contributed by atoms with E-state index < -0.39 is 52.8 Å². The van der Waals surface area contributed by atoms with E-state index in [2.05, 4.69) is 5.32 Å². The SMILES string of the molecule is C[C@@H](NC(=O)c1cc(Oc2c(F)c(F)c(F)c(F)c2F)ccc1CCCC(=O)O)c1cccc2ccccc12. The molecule has 1 atom stereocenters. The Labute approximate surface area is 219 Å². The largest absolute Gasteiger partial charge is 0.481 e. The van der Waals surface area contributed by atoms with Crippen LogP contribution in [-0.2, 0) is 11.2 Å². The van der Waals surface area contributed by atoms with Crippen molar-refractivity contribution < 1.29 is 41.4 Å². The van der Waals surface area contributed by atoms with Gasteiger partial charge in [0.05, 0.1) is 6.04 Å². The summed E-state index contributed by atoms with van der Waals surface area (Å²) in [5.41, 5.74) is 1.22. The number of carboxylic acid groups (broad SMARTS) is 1. The molecule has 202 valence electrons. The third-order valence-electron chi connectivity index (χ3n) is 6.19. The molecule has 4 aromatic carbocycles. The van der Waals surface area contributed by atoms with E-state index in [1.165, 1.54) is 12.1 Å². The number of hydrogen-bond donors (Lipinski definition) is 2. The van der Waals surface area contributed by atoms with Gasteiger partial charge >= 0.3 is 5.97 Å². The molecule has 0 saturated heterocycles. The van der Waals surface area contributed by atoms with E-state index in [0.29, 0.717) is 5.56 Å². The van der Waals surface area contributed by atoms with Crippen LogP contribution in [0.5, 0.6) is 11.5 Å². The number of benzene rings is 4. The molecule has 0 aliphatic rings. The minimum absolute atomic E-state index is 0.00570. The lowest BCUT2D eigenvalue weighted by Gasteiger charge is -2.19. The Balaban J connectivity index is 1.68. The second-order valence-electron chi connectivity index (χ2n) is 8.83. The summed E-state index contributed by atoms with van der Waals surface area (Å²) >= 11 is 0. The van der Waals surface area contributed by atoms with Crippen LogP contribution in [0, 0.1) is 29.1 Å². The minimum atomic E-state index is -2.33. The van der Waals surface area contributed by atoms with Crippen LogP contribution in [0.25, 0.3) is 10.8 Å². The zero-order chi connectivity index (χ0) is 28.3. The van der Waals surface area contributed by atoms with Crippen LogP contribution in [0.4, 0.5) is 22.0 Å². The Morgan fingerprint density at radius 3 is 2.21 bits per heavy atom. The number of carboxylic acids is 1. The number of halogens is 5. The number of ether oxygens (including phenoxy) is 1. The van der Waals surface area contributed by atoms with Gasteiger partial charge < -0.3 is 15.2 Å². The van der Waals surface area contributed by atoms with Crippen molar-refractivity contribution in [3.63, 3.8) is 0 Å². The molecule has 0 bridgehead atoms. The van der Waals surface area contributed by atoms with Crippen molar-refractivity contribution in [3.05, 3.63) is 106 Å². The number of hydrogen-bond acceptors (Lipinski definition) is 3. The summed E-state index contributed by atoms with van der Waals surface area (Å²) in [5, 5.41) is 13.7. The molecule has 4 aromatic rings. The Morgan fingerprint density at radius 2 is 1.51 bits per heavy atom. The van der Waals surface area contributed by atoms with E-state index in [1.807, 2.05) is 42.5 Å². The van der Waals surface area contributed by atoms with Crippen LogP contribution in [0.3, 0.4) is 0 Å². The lowest BCUT2D eigenvalue weighted by Crippen LogP contribution is -2.27. The molecule has 0 aliphatic carbocycles. The molecule has 5 nitrogen and oxygen atoms in total. The van der Waals surface area contributed by atoms with Gasteiger partial charge in [-0.2, -0.15) is 8.78 Å². The number of aliphatic carboxylic acids is 1. The number of amides is 1. The van der Waals surface area contributed by atoms with E-state index in [-0.39, 0.29) is 30.6 Å². The smallest absolute Gasteiger partial charge is 0.303 e. The summed E-state index contributed by atoms with van der Waals surface area (Å²) in [5.74, 6) is -14.5. The van der Waals surface area contributed by atoms with Gasteiger partial charge in [0.25, 0.3) is 5.91 Å². The summed E-state index contributed by atoms with van der Waals surface area (Å²) < 4.78 is 74.1. The highest BCUT2D eigenvalue weighted by Gasteiger charge is 2.28. The average Bonchev–Trinajstić information content (AvgIpc) is 2.93. The van der Waals surface area contributed by atoms with Crippen molar-refractivity contribution >= 4 is 22.6 Å². The van der Waals surface area contributed by atoms with Gasteiger partial charge in [0.1, 0.15) is 5.75 Å². The normalized spacial score (nSPS) is 11.8. The summed E-state index contributed by atoms with van der Waals surface area (Å²) in [7, 11) is 0. The van der Waals surface area contributed by atoms with Crippen molar-refractivity contribution in [2.75, 3.05) is 0 Å². The fraction of sp³-hybridized carbons (Fsp3) is 0.172. The summed E-state index contributed by atoms with van der Waals surface area (Å²) in [6.07, 6.45) is 0.184. The molecule has 1 amide bonds. The molecular weight excluding hydrogens is 521 g/mol. The van der Waals surface area contributed by atoms with Crippen molar-refractivity contribution in [1.29, 1.82) is 0 Å². The standard InChI is InChI=1S/C29H22F5NO4/c1-15(19-10-4-7-16-6-2-3-9-20(16)19)35-29(38)21-14-18(13-12-17(21)8-5-11-22(36)37)39-28-26(33)24(31)23(30)25(32)27(28)34/h2-4,6-7,9-10,12-15H,5,8,11H2,1H3,(H,35,38)(H,36,37)/t15-/m1/s1. The van der Waals surface area contributed by atoms with E-state index >= 15 is 0 Å². The second-order valence-corrected chi connectivity index (χ2v) is 8.83. The maximum atomic E-state index is 14.2. The Kier molecular flexibility index (Phi) is 8.13. The monoisotopic (exact) mass is 543 g/mol. The van der Waals surface area contributed by atoms with Crippen molar-refractivity contribution in [2.45, 2.75) is 32.2 Å². The maximum Gasteiger partial charge on any atom is 0.303 e. The molecule has 0 fully saturated rings. The molecule has 0 aliphatic heterocycles. The van der Waals surface area contributed by atoms with Gasteiger partial charge in [-0.25, -0.2) is 13.2 Å². The quantitative estimate of drug-likeness (QED) is 0.133. The van der Waals surface area contributed by atoms with Crippen LogP contribution >= 0.6 is 0 Å². The summed E-state index contributed by atoms with van der Waals surface area (Å²) in [6.45, 7) is 1.76. The lowest BCUT2D eigenvalue weighted by atomic mass is 9.98. The van der Waals surface area contributed by atoms with Crippen LogP contribution < -0.4 is 10.1 Å². The number of aryl methyl sites for hydroxylation is 1.